The fourth-order valence-corrected chi connectivity index (χ4v) is 1.68. The van der Waals surface area contributed by atoms with E-state index in [4.69, 9.17) is 6.57 Å². The Hall–Kier alpha value is -2.08. The van der Waals surface area contributed by atoms with Crippen LogP contribution in [0.4, 0.5) is 5.69 Å². The molecule has 0 saturated carbocycles. The van der Waals surface area contributed by atoms with Crippen LogP contribution >= 0.6 is 0 Å². The number of benzene rings is 1. The number of hydrogen-bond donors (Lipinski definition) is 1. The summed E-state index contributed by atoms with van der Waals surface area (Å²) >= 11 is 0. The summed E-state index contributed by atoms with van der Waals surface area (Å²) in [5.74, 6) is 0. The van der Waals surface area contributed by atoms with E-state index in [-0.39, 0.29) is 0 Å². The zero-order valence-electron chi connectivity index (χ0n) is 8.70. The van der Waals surface area contributed by atoms with Gasteiger partial charge in [0.1, 0.15) is 0 Å². The quantitative estimate of drug-likeness (QED) is 0.699. The smallest absolute Gasteiger partial charge is 0.187 e. The van der Waals surface area contributed by atoms with E-state index in [1.807, 2.05) is 38.1 Å². The number of aromatic amines is 1. The van der Waals surface area contributed by atoms with Crippen LogP contribution in [-0.4, -0.2) is 10.2 Å². The average Bonchev–Trinajstić information content (AvgIpc) is 2.59. The van der Waals surface area contributed by atoms with E-state index in [2.05, 4.69) is 15.0 Å². The van der Waals surface area contributed by atoms with Gasteiger partial charge in [0.2, 0.25) is 0 Å². The number of rotatable bonds is 1. The Kier molecular flexibility index (Phi) is 2.26. The Morgan fingerprint density at radius 1 is 1.20 bits per heavy atom. The summed E-state index contributed by atoms with van der Waals surface area (Å²) in [5.41, 5.74) is 4.95. The van der Waals surface area contributed by atoms with E-state index >= 15 is 0 Å². The lowest BCUT2D eigenvalue weighted by Crippen LogP contribution is -1.80. The van der Waals surface area contributed by atoms with E-state index < -0.39 is 0 Å². The van der Waals surface area contributed by atoms with Gasteiger partial charge in [-0.1, -0.05) is 24.3 Å². The predicted molar refractivity (Wildman–Crippen MR) is 59.8 cm³/mol. The molecule has 0 aliphatic heterocycles. The van der Waals surface area contributed by atoms with Crippen LogP contribution in [0.2, 0.25) is 0 Å². The molecule has 74 valence electrons. The highest BCUT2D eigenvalue weighted by Gasteiger charge is 2.08. The van der Waals surface area contributed by atoms with E-state index in [0.29, 0.717) is 5.69 Å². The number of H-pyrrole nitrogens is 1. The van der Waals surface area contributed by atoms with Crippen molar-refractivity contribution in [3.05, 3.63) is 47.1 Å². The lowest BCUT2D eigenvalue weighted by Gasteiger charge is -2.01. The fourth-order valence-electron chi connectivity index (χ4n) is 1.68. The number of aryl methyl sites for hydroxylation is 2. The molecule has 3 nitrogen and oxygen atoms in total. The van der Waals surface area contributed by atoms with Crippen molar-refractivity contribution in [2.75, 3.05) is 0 Å². The van der Waals surface area contributed by atoms with Crippen molar-refractivity contribution in [3.63, 3.8) is 0 Å². The minimum absolute atomic E-state index is 0.664. The Morgan fingerprint density at radius 2 is 1.87 bits per heavy atom. The first-order valence-electron chi connectivity index (χ1n) is 4.72. The second-order valence-electron chi connectivity index (χ2n) is 3.47. The molecule has 1 heterocycles. The van der Waals surface area contributed by atoms with Crippen LogP contribution < -0.4 is 0 Å². The maximum Gasteiger partial charge on any atom is 0.187 e. The van der Waals surface area contributed by atoms with Crippen molar-refractivity contribution < 1.29 is 0 Å². The van der Waals surface area contributed by atoms with Crippen molar-refractivity contribution in [1.82, 2.24) is 10.2 Å². The SMILES string of the molecule is [C-]#[N+]c1ccc(-c2c(C)n[nH]c2C)cc1. The van der Waals surface area contributed by atoms with Gasteiger partial charge >= 0.3 is 0 Å². The molecule has 1 N–H and O–H groups in total. The maximum atomic E-state index is 6.88. The van der Waals surface area contributed by atoms with Crippen molar-refractivity contribution in [2.45, 2.75) is 13.8 Å². The molecule has 1 aromatic carbocycles. The van der Waals surface area contributed by atoms with Gasteiger partial charge in [-0.05, 0) is 19.4 Å². The summed E-state index contributed by atoms with van der Waals surface area (Å²) in [5, 5.41) is 7.10. The molecular formula is C12H11N3. The Bertz CT molecular complexity index is 495. The maximum absolute atomic E-state index is 6.88. The molecule has 1 aromatic heterocycles. The zero-order valence-corrected chi connectivity index (χ0v) is 8.70. The molecule has 2 aromatic rings. The van der Waals surface area contributed by atoms with Gasteiger partial charge in [-0.25, -0.2) is 4.85 Å². The van der Waals surface area contributed by atoms with Crippen molar-refractivity contribution in [3.8, 4) is 11.1 Å². The number of nitrogens with zero attached hydrogens (tertiary/aromatic N) is 2. The van der Waals surface area contributed by atoms with E-state index in [1.54, 1.807) is 0 Å². The number of aromatic nitrogens is 2. The first kappa shape index (κ1) is 9.47. The molecule has 0 amide bonds. The zero-order chi connectivity index (χ0) is 10.8. The minimum atomic E-state index is 0.664. The Morgan fingerprint density at radius 3 is 2.33 bits per heavy atom. The lowest BCUT2D eigenvalue weighted by atomic mass is 10.0. The second-order valence-corrected chi connectivity index (χ2v) is 3.47. The van der Waals surface area contributed by atoms with Gasteiger partial charge in [-0.2, -0.15) is 5.10 Å². The summed E-state index contributed by atoms with van der Waals surface area (Å²) < 4.78 is 0. The van der Waals surface area contributed by atoms with Gasteiger partial charge < -0.3 is 0 Å². The first-order valence-corrected chi connectivity index (χ1v) is 4.72. The lowest BCUT2D eigenvalue weighted by molar-refractivity contribution is 1.02. The van der Waals surface area contributed by atoms with E-state index in [9.17, 15) is 0 Å². The van der Waals surface area contributed by atoms with E-state index in [0.717, 1.165) is 22.5 Å². The van der Waals surface area contributed by atoms with Crippen molar-refractivity contribution in [1.29, 1.82) is 0 Å². The van der Waals surface area contributed by atoms with Crippen LogP contribution in [-0.2, 0) is 0 Å². The molecule has 0 aliphatic rings. The molecule has 0 radical (unpaired) electrons. The van der Waals surface area contributed by atoms with Crippen LogP contribution in [0.25, 0.3) is 16.0 Å². The largest absolute Gasteiger partial charge is 0.282 e. The number of hydrogen-bond acceptors (Lipinski definition) is 1. The highest BCUT2D eigenvalue weighted by atomic mass is 15.1. The van der Waals surface area contributed by atoms with Crippen LogP contribution in [0.5, 0.6) is 0 Å². The van der Waals surface area contributed by atoms with Gasteiger partial charge in [0.25, 0.3) is 0 Å². The predicted octanol–water partition coefficient (Wildman–Crippen LogP) is 3.24. The van der Waals surface area contributed by atoms with E-state index in [1.165, 1.54) is 0 Å². The summed E-state index contributed by atoms with van der Waals surface area (Å²) in [6.45, 7) is 10.9. The topological polar surface area (TPSA) is 33.0 Å². The molecule has 0 aliphatic carbocycles. The molecular weight excluding hydrogens is 186 g/mol. The van der Waals surface area contributed by atoms with Gasteiger partial charge in [0.05, 0.1) is 12.3 Å². The minimum Gasteiger partial charge on any atom is -0.282 e. The fraction of sp³-hybridized carbons (Fsp3) is 0.167. The second kappa shape index (κ2) is 3.58. The molecule has 0 spiro atoms. The van der Waals surface area contributed by atoms with Crippen molar-refractivity contribution in [2.24, 2.45) is 0 Å². The summed E-state index contributed by atoms with van der Waals surface area (Å²) in [7, 11) is 0. The normalized spacial score (nSPS) is 9.93. The standard InChI is InChI=1S/C12H11N3/c1-8-12(9(2)15-14-8)10-4-6-11(13-3)7-5-10/h4-7H,1-2H3,(H,14,15). The molecule has 0 unspecified atom stereocenters. The molecule has 0 bridgehead atoms. The van der Waals surface area contributed by atoms with Gasteiger partial charge in [0, 0.05) is 11.3 Å². The summed E-state index contributed by atoms with van der Waals surface area (Å²) in [6.07, 6.45) is 0. The third kappa shape index (κ3) is 1.62. The molecule has 3 heteroatoms. The highest BCUT2D eigenvalue weighted by molar-refractivity contribution is 5.70. The Balaban J connectivity index is 2.51. The van der Waals surface area contributed by atoms with Crippen LogP contribution in [0, 0.1) is 20.4 Å². The molecule has 15 heavy (non-hydrogen) atoms. The third-order valence-electron chi connectivity index (χ3n) is 2.41. The van der Waals surface area contributed by atoms with Crippen LogP contribution in [0.15, 0.2) is 24.3 Å². The van der Waals surface area contributed by atoms with Gasteiger partial charge in [-0.15, -0.1) is 0 Å². The highest BCUT2D eigenvalue weighted by Crippen LogP contribution is 2.26. The summed E-state index contributed by atoms with van der Waals surface area (Å²) in [4.78, 5) is 3.36. The molecule has 0 saturated heterocycles. The third-order valence-corrected chi connectivity index (χ3v) is 2.41. The van der Waals surface area contributed by atoms with Gasteiger partial charge in [0.15, 0.2) is 5.69 Å². The van der Waals surface area contributed by atoms with Crippen molar-refractivity contribution >= 4 is 5.69 Å². The van der Waals surface area contributed by atoms with Crippen LogP contribution in [0.3, 0.4) is 0 Å². The first-order chi connectivity index (χ1) is 7.22. The Labute approximate surface area is 88.6 Å². The van der Waals surface area contributed by atoms with Gasteiger partial charge in [-0.3, -0.25) is 5.10 Å². The summed E-state index contributed by atoms with van der Waals surface area (Å²) in [6, 6.07) is 7.57. The molecule has 0 fully saturated rings. The number of nitrogens with one attached hydrogen (secondary N) is 1. The molecule has 2 rings (SSSR count). The molecule has 0 atom stereocenters. The average molecular weight is 197 g/mol. The monoisotopic (exact) mass is 197 g/mol. The van der Waals surface area contributed by atoms with Crippen LogP contribution in [0.1, 0.15) is 11.4 Å².